The van der Waals surface area contributed by atoms with Gasteiger partial charge < -0.3 is 5.32 Å². The van der Waals surface area contributed by atoms with Crippen LogP contribution in [0.4, 0.5) is 10.8 Å². The standard InChI is InChI=1S/C20H17ClN2OS/c1-13-7-10-16(11-8-13)23-20-22-14(2)19(25-20)18(24)12-9-15-5-3-4-6-17(15)21/h3-12H,1-2H3,(H,22,23)/b12-9+. The third kappa shape index (κ3) is 4.35. The number of aryl methyl sites for hydroxylation is 2. The van der Waals surface area contributed by atoms with E-state index in [1.165, 1.54) is 23.0 Å². The molecule has 0 aliphatic carbocycles. The first-order valence-electron chi connectivity index (χ1n) is 7.81. The van der Waals surface area contributed by atoms with Crippen molar-refractivity contribution in [1.29, 1.82) is 0 Å². The number of aromatic nitrogens is 1. The average Bonchev–Trinajstić information content (AvgIpc) is 2.96. The molecule has 0 atom stereocenters. The first-order valence-corrected chi connectivity index (χ1v) is 9.00. The van der Waals surface area contributed by atoms with Crippen LogP contribution < -0.4 is 5.32 Å². The molecule has 0 amide bonds. The van der Waals surface area contributed by atoms with Crippen LogP contribution in [0.5, 0.6) is 0 Å². The van der Waals surface area contributed by atoms with Crippen LogP contribution in [-0.2, 0) is 0 Å². The van der Waals surface area contributed by atoms with E-state index in [2.05, 4.69) is 10.3 Å². The molecule has 126 valence electrons. The third-order valence-corrected chi connectivity index (χ3v) is 5.07. The molecule has 0 radical (unpaired) electrons. The van der Waals surface area contributed by atoms with Crippen molar-refractivity contribution in [3.63, 3.8) is 0 Å². The lowest BCUT2D eigenvalue weighted by Gasteiger charge is -2.01. The zero-order valence-electron chi connectivity index (χ0n) is 13.9. The number of benzene rings is 2. The number of nitrogens with zero attached hydrogens (tertiary/aromatic N) is 1. The Kier molecular flexibility index (Phi) is 5.31. The number of nitrogens with one attached hydrogen (secondary N) is 1. The van der Waals surface area contributed by atoms with Gasteiger partial charge >= 0.3 is 0 Å². The van der Waals surface area contributed by atoms with Gasteiger partial charge in [-0.3, -0.25) is 4.79 Å². The normalized spacial score (nSPS) is 11.0. The molecule has 0 saturated carbocycles. The maximum atomic E-state index is 12.5. The molecule has 0 saturated heterocycles. The Hall–Kier alpha value is -2.43. The summed E-state index contributed by atoms with van der Waals surface area (Å²) in [5.74, 6) is -0.0770. The van der Waals surface area contributed by atoms with Crippen LogP contribution in [0, 0.1) is 13.8 Å². The molecule has 0 bridgehead atoms. The number of carbonyl (C=O) groups is 1. The monoisotopic (exact) mass is 368 g/mol. The fraction of sp³-hybridized carbons (Fsp3) is 0.100. The third-order valence-electron chi connectivity index (χ3n) is 3.64. The first kappa shape index (κ1) is 17.4. The lowest BCUT2D eigenvalue weighted by atomic mass is 10.2. The summed E-state index contributed by atoms with van der Waals surface area (Å²) in [6.45, 7) is 3.88. The largest absolute Gasteiger partial charge is 0.332 e. The van der Waals surface area contributed by atoms with Crippen LogP contribution in [0.3, 0.4) is 0 Å². The van der Waals surface area contributed by atoms with Gasteiger partial charge in [0.15, 0.2) is 10.9 Å². The lowest BCUT2D eigenvalue weighted by Crippen LogP contribution is -1.93. The molecular formula is C20H17ClN2OS. The van der Waals surface area contributed by atoms with Gasteiger partial charge in [0.1, 0.15) is 0 Å². The van der Waals surface area contributed by atoms with Crippen molar-refractivity contribution in [2.45, 2.75) is 13.8 Å². The zero-order chi connectivity index (χ0) is 17.8. The number of thiazole rings is 1. The van der Waals surface area contributed by atoms with E-state index in [1.807, 2.05) is 56.3 Å². The fourth-order valence-electron chi connectivity index (χ4n) is 2.29. The Labute approximate surface area is 156 Å². The number of carbonyl (C=O) groups excluding carboxylic acids is 1. The van der Waals surface area contributed by atoms with Crippen molar-refractivity contribution < 1.29 is 4.79 Å². The molecule has 0 spiro atoms. The highest BCUT2D eigenvalue weighted by Gasteiger charge is 2.13. The molecule has 0 unspecified atom stereocenters. The van der Waals surface area contributed by atoms with Gasteiger partial charge in [0.2, 0.25) is 0 Å². The second kappa shape index (κ2) is 7.64. The van der Waals surface area contributed by atoms with E-state index in [1.54, 1.807) is 12.1 Å². The van der Waals surface area contributed by atoms with Gasteiger partial charge in [-0.15, -0.1) is 0 Å². The molecule has 1 aromatic heterocycles. The summed E-state index contributed by atoms with van der Waals surface area (Å²) in [6, 6.07) is 15.5. The average molecular weight is 369 g/mol. The second-order valence-electron chi connectivity index (χ2n) is 5.64. The summed E-state index contributed by atoms with van der Waals surface area (Å²) >= 11 is 7.46. The number of rotatable bonds is 5. The topological polar surface area (TPSA) is 42.0 Å². The van der Waals surface area contributed by atoms with Crippen molar-refractivity contribution in [3.8, 4) is 0 Å². The van der Waals surface area contributed by atoms with E-state index in [0.717, 1.165) is 11.3 Å². The fourth-order valence-corrected chi connectivity index (χ4v) is 3.40. The number of anilines is 2. The predicted molar refractivity (Wildman–Crippen MR) is 106 cm³/mol. The van der Waals surface area contributed by atoms with Crippen LogP contribution in [0.2, 0.25) is 5.02 Å². The molecule has 3 nitrogen and oxygen atoms in total. The van der Waals surface area contributed by atoms with E-state index in [-0.39, 0.29) is 5.78 Å². The van der Waals surface area contributed by atoms with Crippen molar-refractivity contribution >= 4 is 45.6 Å². The quantitative estimate of drug-likeness (QED) is 0.440. The van der Waals surface area contributed by atoms with Crippen LogP contribution in [0.1, 0.15) is 26.5 Å². The molecule has 1 heterocycles. The Bertz CT molecular complexity index is 929. The first-order chi connectivity index (χ1) is 12.0. The summed E-state index contributed by atoms with van der Waals surface area (Å²) in [7, 11) is 0. The molecule has 5 heteroatoms. The van der Waals surface area contributed by atoms with E-state index in [4.69, 9.17) is 11.6 Å². The molecule has 3 rings (SSSR count). The van der Waals surface area contributed by atoms with Crippen LogP contribution in [0.15, 0.2) is 54.6 Å². The molecule has 3 aromatic rings. The van der Waals surface area contributed by atoms with Gasteiger partial charge in [-0.25, -0.2) is 4.98 Å². The van der Waals surface area contributed by atoms with Crippen LogP contribution in [-0.4, -0.2) is 10.8 Å². The van der Waals surface area contributed by atoms with Gasteiger partial charge in [0.25, 0.3) is 0 Å². The Morgan fingerprint density at radius 2 is 1.84 bits per heavy atom. The highest BCUT2D eigenvalue weighted by Crippen LogP contribution is 2.27. The number of halogens is 1. The highest BCUT2D eigenvalue weighted by atomic mass is 35.5. The zero-order valence-corrected chi connectivity index (χ0v) is 15.5. The molecule has 0 fully saturated rings. The molecule has 2 aromatic carbocycles. The lowest BCUT2D eigenvalue weighted by molar-refractivity contribution is 0.105. The number of hydrogen-bond acceptors (Lipinski definition) is 4. The predicted octanol–water partition coefficient (Wildman–Crippen LogP) is 6.05. The maximum absolute atomic E-state index is 12.5. The SMILES string of the molecule is Cc1ccc(Nc2nc(C)c(C(=O)/C=C/c3ccccc3Cl)s2)cc1. The minimum absolute atomic E-state index is 0.0770. The van der Waals surface area contributed by atoms with Crippen molar-refractivity contribution in [3.05, 3.63) is 81.3 Å². The van der Waals surface area contributed by atoms with Gasteiger partial charge in [-0.1, -0.05) is 58.8 Å². The van der Waals surface area contributed by atoms with E-state index < -0.39 is 0 Å². The number of ketones is 1. The molecule has 25 heavy (non-hydrogen) atoms. The minimum atomic E-state index is -0.0770. The van der Waals surface area contributed by atoms with Crippen molar-refractivity contribution in [2.24, 2.45) is 0 Å². The summed E-state index contributed by atoms with van der Waals surface area (Å²) in [6.07, 6.45) is 3.27. The van der Waals surface area contributed by atoms with Gasteiger partial charge in [-0.2, -0.15) is 0 Å². The van der Waals surface area contributed by atoms with Gasteiger partial charge in [0.05, 0.1) is 10.6 Å². The summed E-state index contributed by atoms with van der Waals surface area (Å²) in [5, 5.41) is 4.56. The number of allylic oxidation sites excluding steroid dienone is 1. The van der Waals surface area contributed by atoms with E-state index in [0.29, 0.717) is 20.7 Å². The van der Waals surface area contributed by atoms with E-state index in [9.17, 15) is 4.79 Å². The second-order valence-corrected chi connectivity index (χ2v) is 7.05. The van der Waals surface area contributed by atoms with Gasteiger partial charge in [0, 0.05) is 10.7 Å². The Morgan fingerprint density at radius 3 is 2.56 bits per heavy atom. The van der Waals surface area contributed by atoms with Gasteiger partial charge in [-0.05, 0) is 49.8 Å². The molecule has 1 N–H and O–H groups in total. The Morgan fingerprint density at radius 1 is 1.12 bits per heavy atom. The summed E-state index contributed by atoms with van der Waals surface area (Å²) < 4.78 is 0. The smallest absolute Gasteiger partial charge is 0.197 e. The molecular weight excluding hydrogens is 352 g/mol. The number of hydrogen-bond donors (Lipinski definition) is 1. The van der Waals surface area contributed by atoms with Crippen molar-refractivity contribution in [1.82, 2.24) is 4.98 Å². The molecule has 0 aliphatic heterocycles. The minimum Gasteiger partial charge on any atom is -0.332 e. The summed E-state index contributed by atoms with van der Waals surface area (Å²) in [4.78, 5) is 17.5. The van der Waals surface area contributed by atoms with Crippen LogP contribution >= 0.6 is 22.9 Å². The molecule has 0 aliphatic rings. The van der Waals surface area contributed by atoms with Crippen LogP contribution in [0.25, 0.3) is 6.08 Å². The summed E-state index contributed by atoms with van der Waals surface area (Å²) in [5.41, 5.74) is 3.68. The van der Waals surface area contributed by atoms with E-state index >= 15 is 0 Å². The Balaban J connectivity index is 1.76. The van der Waals surface area contributed by atoms with Crippen molar-refractivity contribution in [2.75, 3.05) is 5.32 Å². The highest BCUT2D eigenvalue weighted by molar-refractivity contribution is 7.17. The maximum Gasteiger partial charge on any atom is 0.197 e.